The number of pyridine rings is 1. The first-order valence-electron chi connectivity index (χ1n) is 10.1. The van der Waals surface area contributed by atoms with Crippen molar-refractivity contribution < 1.29 is 9.53 Å². The number of esters is 1. The zero-order chi connectivity index (χ0) is 22.7. The minimum absolute atomic E-state index is 0.0986. The van der Waals surface area contributed by atoms with Crippen LogP contribution in [0.15, 0.2) is 40.8 Å². The van der Waals surface area contributed by atoms with Crippen molar-refractivity contribution in [2.45, 2.75) is 47.8 Å². The van der Waals surface area contributed by atoms with Crippen LogP contribution in [-0.4, -0.2) is 19.9 Å². The van der Waals surface area contributed by atoms with Gasteiger partial charge in [0.15, 0.2) is 0 Å². The van der Waals surface area contributed by atoms with Gasteiger partial charge in [0.25, 0.3) is 5.56 Å². The minimum atomic E-state index is -0.747. The predicted molar refractivity (Wildman–Crippen MR) is 118 cm³/mol. The van der Waals surface area contributed by atoms with E-state index in [1.54, 1.807) is 18.3 Å². The SMILES string of the molecule is Cc1cccn2c(=O)cc(COC(=O)/C(C#N)=C/c3cc(C)n(CC(C)C)c3C)nc12. The second kappa shape index (κ2) is 9.00. The molecule has 0 saturated carbocycles. The number of hydrogen-bond donors (Lipinski definition) is 0. The fourth-order valence-corrected chi connectivity index (χ4v) is 3.51. The Bertz CT molecular complexity index is 1270. The Labute approximate surface area is 181 Å². The van der Waals surface area contributed by atoms with Gasteiger partial charge in [-0.15, -0.1) is 0 Å². The van der Waals surface area contributed by atoms with E-state index in [0.29, 0.717) is 17.3 Å². The summed E-state index contributed by atoms with van der Waals surface area (Å²) in [6.45, 7) is 10.8. The van der Waals surface area contributed by atoms with Crippen molar-refractivity contribution in [3.8, 4) is 6.07 Å². The maximum absolute atomic E-state index is 12.5. The third kappa shape index (κ3) is 4.75. The quantitative estimate of drug-likeness (QED) is 0.346. The number of carbonyl (C=O) groups is 1. The maximum Gasteiger partial charge on any atom is 0.349 e. The van der Waals surface area contributed by atoms with Crippen molar-refractivity contribution in [2.24, 2.45) is 5.92 Å². The summed E-state index contributed by atoms with van der Waals surface area (Å²) in [5, 5.41) is 9.49. The van der Waals surface area contributed by atoms with Crippen molar-refractivity contribution in [1.82, 2.24) is 14.0 Å². The Balaban J connectivity index is 1.81. The number of fused-ring (bicyclic) bond motifs is 1. The zero-order valence-corrected chi connectivity index (χ0v) is 18.5. The molecule has 0 radical (unpaired) electrons. The van der Waals surface area contributed by atoms with E-state index in [4.69, 9.17) is 4.74 Å². The molecule has 3 aromatic rings. The highest BCUT2D eigenvalue weighted by Gasteiger charge is 2.15. The maximum atomic E-state index is 12.5. The van der Waals surface area contributed by atoms with Crippen LogP contribution in [0.25, 0.3) is 11.7 Å². The molecule has 0 unspecified atom stereocenters. The molecule has 0 spiro atoms. The molecule has 0 amide bonds. The molecular weight excluding hydrogens is 392 g/mol. The number of carbonyl (C=O) groups excluding carboxylic acids is 1. The first kappa shape index (κ1) is 22.0. The topological polar surface area (TPSA) is 89.4 Å². The van der Waals surface area contributed by atoms with Crippen LogP contribution in [0, 0.1) is 38.0 Å². The van der Waals surface area contributed by atoms with Crippen molar-refractivity contribution in [3.63, 3.8) is 0 Å². The number of nitriles is 1. The lowest BCUT2D eigenvalue weighted by molar-refractivity contribution is -0.139. The molecule has 31 heavy (non-hydrogen) atoms. The summed E-state index contributed by atoms with van der Waals surface area (Å²) >= 11 is 0. The highest BCUT2D eigenvalue weighted by atomic mass is 16.5. The summed E-state index contributed by atoms with van der Waals surface area (Å²) in [7, 11) is 0. The number of aromatic nitrogens is 3. The Hall–Kier alpha value is -3.66. The Morgan fingerprint density at radius 3 is 2.71 bits per heavy atom. The van der Waals surface area contributed by atoms with Gasteiger partial charge in [0.1, 0.15) is 23.9 Å². The number of hydrogen-bond acceptors (Lipinski definition) is 5. The average Bonchev–Trinajstić information content (AvgIpc) is 2.98. The molecule has 3 rings (SSSR count). The van der Waals surface area contributed by atoms with Crippen molar-refractivity contribution in [2.75, 3.05) is 0 Å². The molecule has 3 aromatic heterocycles. The van der Waals surface area contributed by atoms with Crippen LogP contribution in [0.1, 0.15) is 42.1 Å². The van der Waals surface area contributed by atoms with Crippen molar-refractivity contribution in [3.05, 3.63) is 74.6 Å². The summed E-state index contributed by atoms with van der Waals surface area (Å²) in [6.07, 6.45) is 3.19. The number of ether oxygens (including phenoxy) is 1. The van der Waals surface area contributed by atoms with Crippen LogP contribution in [-0.2, 0) is 22.7 Å². The second-order valence-corrected chi connectivity index (χ2v) is 8.05. The smallest absolute Gasteiger partial charge is 0.349 e. The van der Waals surface area contributed by atoms with Crippen LogP contribution in [0.3, 0.4) is 0 Å². The lowest BCUT2D eigenvalue weighted by Crippen LogP contribution is -2.17. The Morgan fingerprint density at radius 2 is 2.03 bits per heavy atom. The van der Waals surface area contributed by atoms with E-state index in [0.717, 1.165) is 29.1 Å². The third-order valence-corrected chi connectivity index (χ3v) is 5.09. The zero-order valence-electron chi connectivity index (χ0n) is 18.5. The van der Waals surface area contributed by atoms with E-state index in [9.17, 15) is 14.9 Å². The first-order valence-corrected chi connectivity index (χ1v) is 10.1. The molecule has 0 aromatic carbocycles. The molecule has 0 fully saturated rings. The molecule has 7 nitrogen and oxygen atoms in total. The Kier molecular flexibility index (Phi) is 6.40. The molecular formula is C24H26N4O3. The normalized spacial score (nSPS) is 11.7. The molecule has 7 heteroatoms. The van der Waals surface area contributed by atoms with Gasteiger partial charge in [-0.2, -0.15) is 5.26 Å². The summed E-state index contributed by atoms with van der Waals surface area (Å²) in [4.78, 5) is 29.2. The second-order valence-electron chi connectivity index (χ2n) is 8.05. The van der Waals surface area contributed by atoms with Gasteiger partial charge >= 0.3 is 5.97 Å². The van der Waals surface area contributed by atoms with Crippen LogP contribution < -0.4 is 5.56 Å². The third-order valence-electron chi connectivity index (χ3n) is 5.09. The number of rotatable bonds is 6. The minimum Gasteiger partial charge on any atom is -0.455 e. The molecule has 0 atom stereocenters. The van der Waals surface area contributed by atoms with E-state index >= 15 is 0 Å². The molecule has 0 aliphatic carbocycles. The lowest BCUT2D eigenvalue weighted by atomic mass is 10.1. The van der Waals surface area contributed by atoms with Crippen LogP contribution >= 0.6 is 0 Å². The molecule has 0 aliphatic heterocycles. The number of nitrogens with zero attached hydrogens (tertiary/aromatic N) is 4. The molecule has 0 N–H and O–H groups in total. The fourth-order valence-electron chi connectivity index (χ4n) is 3.51. The highest BCUT2D eigenvalue weighted by Crippen LogP contribution is 2.20. The standard InChI is InChI=1S/C24H26N4O3/c1-15(2)13-28-17(4)9-19(18(28)5)10-20(12-25)24(30)31-14-21-11-22(29)27-8-6-7-16(3)23(27)26-21/h6-11,15H,13-14H2,1-5H3/b20-10+. The number of aryl methyl sites for hydroxylation is 2. The van der Waals surface area contributed by atoms with Gasteiger partial charge in [-0.1, -0.05) is 19.9 Å². The van der Waals surface area contributed by atoms with E-state index in [-0.39, 0.29) is 17.7 Å². The largest absolute Gasteiger partial charge is 0.455 e. The monoisotopic (exact) mass is 418 g/mol. The fraction of sp³-hybridized carbons (Fsp3) is 0.333. The Morgan fingerprint density at radius 1 is 1.29 bits per heavy atom. The van der Waals surface area contributed by atoms with Gasteiger partial charge in [-0.05, 0) is 56.0 Å². The van der Waals surface area contributed by atoms with Gasteiger partial charge in [0, 0.05) is 30.2 Å². The summed E-state index contributed by atoms with van der Waals surface area (Å²) < 4.78 is 8.90. The molecule has 0 saturated heterocycles. The van der Waals surface area contributed by atoms with Gasteiger partial charge in [0.05, 0.1) is 5.69 Å². The van der Waals surface area contributed by atoms with Crippen LogP contribution in [0.2, 0.25) is 0 Å². The predicted octanol–water partition coefficient (Wildman–Crippen LogP) is 3.73. The van der Waals surface area contributed by atoms with Gasteiger partial charge < -0.3 is 9.30 Å². The van der Waals surface area contributed by atoms with Crippen LogP contribution in [0.4, 0.5) is 0 Å². The molecule has 0 aliphatic rings. The first-order chi connectivity index (χ1) is 14.7. The van der Waals surface area contributed by atoms with Crippen LogP contribution in [0.5, 0.6) is 0 Å². The molecule has 3 heterocycles. The summed E-state index contributed by atoms with van der Waals surface area (Å²) in [6, 6.07) is 8.83. The van der Waals surface area contributed by atoms with Gasteiger partial charge in [-0.25, -0.2) is 9.78 Å². The van der Waals surface area contributed by atoms with Gasteiger partial charge in [-0.3, -0.25) is 9.20 Å². The van der Waals surface area contributed by atoms with E-state index in [2.05, 4.69) is 23.4 Å². The molecule has 0 bridgehead atoms. The van der Waals surface area contributed by atoms with E-state index < -0.39 is 5.97 Å². The van der Waals surface area contributed by atoms with Gasteiger partial charge in [0.2, 0.25) is 0 Å². The lowest BCUT2D eigenvalue weighted by Gasteiger charge is -2.12. The van der Waals surface area contributed by atoms with Crippen molar-refractivity contribution >= 4 is 17.7 Å². The van der Waals surface area contributed by atoms with Crippen molar-refractivity contribution in [1.29, 1.82) is 5.26 Å². The average molecular weight is 418 g/mol. The summed E-state index contributed by atoms with van der Waals surface area (Å²) in [5.41, 5.74) is 4.19. The highest BCUT2D eigenvalue weighted by molar-refractivity contribution is 5.98. The summed E-state index contributed by atoms with van der Waals surface area (Å²) in [5.74, 6) is -0.271. The van der Waals surface area contributed by atoms with E-state index in [1.807, 2.05) is 39.0 Å². The molecule has 160 valence electrons. The van der Waals surface area contributed by atoms with E-state index in [1.165, 1.54) is 10.5 Å².